The molecule has 0 spiro atoms. The van der Waals surface area contributed by atoms with Crippen LogP contribution in [0.15, 0.2) is 42.5 Å². The van der Waals surface area contributed by atoms with Crippen LogP contribution in [0.4, 0.5) is 11.4 Å². The van der Waals surface area contributed by atoms with Gasteiger partial charge in [-0.2, -0.15) is 0 Å². The molecule has 2 aromatic rings. The first-order valence-electron chi connectivity index (χ1n) is 5.64. The Bertz CT molecular complexity index is 616. The van der Waals surface area contributed by atoms with E-state index in [1.54, 1.807) is 25.2 Å². The van der Waals surface area contributed by atoms with E-state index < -0.39 is 0 Å². The van der Waals surface area contributed by atoms with Crippen LogP contribution < -0.4 is 10.6 Å². The highest BCUT2D eigenvalue weighted by atomic mass is 127. The molecule has 0 saturated carbocycles. The van der Waals surface area contributed by atoms with Gasteiger partial charge in [-0.1, -0.05) is 17.7 Å². The molecular formula is C14H12ClIN2O. The summed E-state index contributed by atoms with van der Waals surface area (Å²) in [6, 6.07) is 12.8. The number of carbonyl (C=O) groups excluding carboxylic acids is 1. The first kappa shape index (κ1) is 14.1. The van der Waals surface area contributed by atoms with Crippen molar-refractivity contribution in [3.8, 4) is 0 Å². The maximum atomic E-state index is 12.2. The van der Waals surface area contributed by atoms with Crippen molar-refractivity contribution < 1.29 is 4.79 Å². The Hall–Kier alpha value is -1.27. The van der Waals surface area contributed by atoms with Crippen LogP contribution >= 0.6 is 34.2 Å². The van der Waals surface area contributed by atoms with Gasteiger partial charge in [-0.05, 0) is 59.0 Å². The van der Waals surface area contributed by atoms with E-state index >= 15 is 0 Å². The zero-order valence-corrected chi connectivity index (χ0v) is 13.1. The summed E-state index contributed by atoms with van der Waals surface area (Å²) in [5, 5.41) is 6.37. The monoisotopic (exact) mass is 386 g/mol. The molecule has 2 N–H and O–H groups in total. The van der Waals surface area contributed by atoms with Crippen molar-refractivity contribution in [3.63, 3.8) is 0 Å². The van der Waals surface area contributed by atoms with Crippen molar-refractivity contribution in [1.29, 1.82) is 0 Å². The number of halogens is 2. The lowest BCUT2D eigenvalue weighted by Crippen LogP contribution is -2.14. The van der Waals surface area contributed by atoms with Gasteiger partial charge in [0.2, 0.25) is 0 Å². The predicted octanol–water partition coefficient (Wildman–Crippen LogP) is 4.24. The second kappa shape index (κ2) is 6.25. The van der Waals surface area contributed by atoms with Gasteiger partial charge in [0.25, 0.3) is 5.91 Å². The summed E-state index contributed by atoms with van der Waals surface area (Å²) in [7, 11) is 1.77. The second-order valence-electron chi connectivity index (χ2n) is 3.90. The predicted molar refractivity (Wildman–Crippen MR) is 88.1 cm³/mol. The van der Waals surface area contributed by atoms with Gasteiger partial charge in [-0.15, -0.1) is 0 Å². The van der Waals surface area contributed by atoms with Crippen LogP contribution in [-0.4, -0.2) is 13.0 Å². The van der Waals surface area contributed by atoms with Gasteiger partial charge in [0.05, 0.1) is 5.56 Å². The highest BCUT2D eigenvalue weighted by Crippen LogP contribution is 2.22. The highest BCUT2D eigenvalue weighted by Gasteiger charge is 2.11. The Balaban J connectivity index is 2.27. The van der Waals surface area contributed by atoms with Crippen LogP contribution in [0, 0.1) is 3.57 Å². The average molecular weight is 387 g/mol. The minimum Gasteiger partial charge on any atom is -0.387 e. The van der Waals surface area contributed by atoms with E-state index in [2.05, 4.69) is 33.2 Å². The van der Waals surface area contributed by atoms with Crippen LogP contribution in [0.1, 0.15) is 10.4 Å². The molecule has 5 heteroatoms. The van der Waals surface area contributed by atoms with Crippen molar-refractivity contribution in [2.75, 3.05) is 17.7 Å². The number of amides is 1. The van der Waals surface area contributed by atoms with Crippen molar-refractivity contribution >= 4 is 51.5 Å². The second-order valence-corrected chi connectivity index (χ2v) is 5.59. The summed E-state index contributed by atoms with van der Waals surface area (Å²) in [6.07, 6.45) is 0. The van der Waals surface area contributed by atoms with Gasteiger partial charge in [-0.3, -0.25) is 4.79 Å². The number of hydrogen-bond donors (Lipinski definition) is 2. The van der Waals surface area contributed by atoms with Gasteiger partial charge >= 0.3 is 0 Å². The molecule has 0 unspecified atom stereocenters. The molecule has 19 heavy (non-hydrogen) atoms. The van der Waals surface area contributed by atoms with Crippen LogP contribution in [-0.2, 0) is 0 Å². The molecule has 0 aliphatic heterocycles. The molecule has 0 aromatic heterocycles. The molecule has 3 nitrogen and oxygen atoms in total. The number of anilines is 2. The van der Waals surface area contributed by atoms with Gasteiger partial charge in [0.15, 0.2) is 0 Å². The standard InChI is InChI=1S/C14H12ClIN2O/c1-17-13-6-5-9(15)7-12(13)14(19)18-11-4-2-3-10(16)8-11/h2-8,17H,1H3,(H,18,19). The molecular weight excluding hydrogens is 375 g/mol. The van der Waals surface area contributed by atoms with Crippen LogP contribution in [0.5, 0.6) is 0 Å². The lowest BCUT2D eigenvalue weighted by atomic mass is 10.1. The fourth-order valence-corrected chi connectivity index (χ4v) is 2.40. The number of benzene rings is 2. The molecule has 0 bridgehead atoms. The van der Waals surface area contributed by atoms with E-state index in [1.165, 1.54) is 0 Å². The molecule has 1 amide bonds. The molecule has 0 atom stereocenters. The van der Waals surface area contributed by atoms with Crippen molar-refractivity contribution in [2.45, 2.75) is 0 Å². The zero-order valence-electron chi connectivity index (χ0n) is 10.2. The molecule has 0 aliphatic carbocycles. The molecule has 0 radical (unpaired) electrons. The smallest absolute Gasteiger partial charge is 0.257 e. The number of nitrogens with one attached hydrogen (secondary N) is 2. The third-order valence-corrected chi connectivity index (χ3v) is 3.48. The van der Waals surface area contributed by atoms with E-state index in [1.807, 2.05) is 24.3 Å². The summed E-state index contributed by atoms with van der Waals surface area (Å²) < 4.78 is 1.07. The summed E-state index contributed by atoms with van der Waals surface area (Å²) in [5.41, 5.74) is 2.03. The molecule has 2 rings (SSSR count). The molecule has 98 valence electrons. The third kappa shape index (κ3) is 3.61. The van der Waals surface area contributed by atoms with E-state index in [9.17, 15) is 4.79 Å². The number of carbonyl (C=O) groups is 1. The zero-order chi connectivity index (χ0) is 13.8. The number of rotatable bonds is 3. The molecule has 2 aromatic carbocycles. The lowest BCUT2D eigenvalue weighted by molar-refractivity contribution is 0.102. The average Bonchev–Trinajstić information content (AvgIpc) is 2.38. The Morgan fingerprint density at radius 2 is 2.00 bits per heavy atom. The first-order chi connectivity index (χ1) is 9.10. The van der Waals surface area contributed by atoms with Gasteiger partial charge in [0.1, 0.15) is 0 Å². The first-order valence-corrected chi connectivity index (χ1v) is 7.10. The van der Waals surface area contributed by atoms with Crippen molar-refractivity contribution in [3.05, 3.63) is 56.6 Å². The normalized spacial score (nSPS) is 10.1. The SMILES string of the molecule is CNc1ccc(Cl)cc1C(=O)Nc1cccc(I)c1. The van der Waals surface area contributed by atoms with E-state index in [0.29, 0.717) is 10.6 Å². The van der Waals surface area contributed by atoms with E-state index in [-0.39, 0.29) is 5.91 Å². The quantitative estimate of drug-likeness (QED) is 0.775. The Morgan fingerprint density at radius 3 is 2.68 bits per heavy atom. The topological polar surface area (TPSA) is 41.1 Å². The van der Waals surface area contributed by atoms with E-state index in [0.717, 1.165) is 14.9 Å². The highest BCUT2D eigenvalue weighted by molar-refractivity contribution is 14.1. The van der Waals surface area contributed by atoms with Crippen LogP contribution in [0.3, 0.4) is 0 Å². The summed E-state index contributed by atoms with van der Waals surface area (Å²) >= 11 is 8.14. The van der Waals surface area contributed by atoms with Crippen molar-refractivity contribution in [1.82, 2.24) is 0 Å². The number of hydrogen-bond acceptors (Lipinski definition) is 2. The summed E-state index contributed by atoms with van der Waals surface area (Å²) in [6.45, 7) is 0. The Labute approximate surface area is 130 Å². The Morgan fingerprint density at radius 1 is 1.21 bits per heavy atom. The molecule has 0 aliphatic rings. The molecule has 0 fully saturated rings. The molecule has 0 heterocycles. The summed E-state index contributed by atoms with van der Waals surface area (Å²) in [4.78, 5) is 12.2. The van der Waals surface area contributed by atoms with Gasteiger partial charge in [-0.25, -0.2) is 0 Å². The summed E-state index contributed by atoms with van der Waals surface area (Å²) in [5.74, 6) is -0.186. The van der Waals surface area contributed by atoms with Crippen LogP contribution in [0.2, 0.25) is 5.02 Å². The maximum Gasteiger partial charge on any atom is 0.257 e. The van der Waals surface area contributed by atoms with Crippen LogP contribution in [0.25, 0.3) is 0 Å². The Kier molecular flexibility index (Phi) is 4.66. The van der Waals surface area contributed by atoms with Crippen molar-refractivity contribution in [2.24, 2.45) is 0 Å². The molecule has 0 saturated heterocycles. The van der Waals surface area contributed by atoms with Gasteiger partial charge in [0, 0.05) is 27.0 Å². The minimum atomic E-state index is -0.186. The fraction of sp³-hybridized carbons (Fsp3) is 0.0714. The van der Waals surface area contributed by atoms with E-state index in [4.69, 9.17) is 11.6 Å². The van der Waals surface area contributed by atoms with Gasteiger partial charge < -0.3 is 10.6 Å². The third-order valence-electron chi connectivity index (χ3n) is 2.58. The minimum absolute atomic E-state index is 0.186. The fourth-order valence-electron chi connectivity index (χ4n) is 1.69. The maximum absolute atomic E-state index is 12.2. The largest absolute Gasteiger partial charge is 0.387 e. The lowest BCUT2D eigenvalue weighted by Gasteiger charge is -2.10.